The average Bonchev–Trinajstić information content (AvgIpc) is 1.63. The van der Waals surface area contributed by atoms with Crippen LogP contribution in [0.5, 0.6) is 11.5 Å². The van der Waals surface area contributed by atoms with Crippen LogP contribution in [-0.2, 0) is 52.0 Å². The summed E-state index contributed by atoms with van der Waals surface area (Å²) in [5.41, 5.74) is 19.2. The van der Waals surface area contributed by atoms with Gasteiger partial charge in [0.15, 0.2) is 0 Å². The van der Waals surface area contributed by atoms with Crippen LogP contribution in [0, 0.1) is 50.3 Å². The summed E-state index contributed by atoms with van der Waals surface area (Å²) in [6.45, 7) is 22.1. The van der Waals surface area contributed by atoms with E-state index in [1.165, 1.54) is 99.6 Å². The molecule has 0 spiro atoms. The van der Waals surface area contributed by atoms with Crippen molar-refractivity contribution >= 4 is 51.2 Å². The molecule has 1 saturated carbocycles. The quantitative estimate of drug-likeness (QED) is 0.0783. The Labute approximate surface area is 562 Å². The zero-order valence-corrected chi connectivity index (χ0v) is 56.6. The summed E-state index contributed by atoms with van der Waals surface area (Å²) >= 11 is 0. The first-order valence-corrected chi connectivity index (χ1v) is 31.1. The van der Waals surface area contributed by atoms with Crippen molar-refractivity contribution in [3.63, 3.8) is 0 Å². The molecule has 4 aliphatic rings. The zero-order chi connectivity index (χ0) is 60.2. The molecular formula is C79H74IrN8OPt-8. The van der Waals surface area contributed by atoms with Gasteiger partial charge in [0.1, 0.15) is 0 Å². The number of hydrogen-bond acceptors (Lipinski definition) is 9. The maximum atomic E-state index is 6.12. The van der Waals surface area contributed by atoms with Crippen LogP contribution in [0.4, 0.5) is 51.2 Å². The molecule has 5 heterocycles. The number of rotatable bonds is 14. The Hall–Kier alpha value is -8.00. The number of para-hydroxylation sites is 4. The summed E-state index contributed by atoms with van der Waals surface area (Å²) < 4.78 is 6.12. The van der Waals surface area contributed by atoms with Crippen molar-refractivity contribution in [2.24, 2.45) is 0 Å². The van der Waals surface area contributed by atoms with Crippen molar-refractivity contribution in [1.29, 1.82) is 0 Å². The first-order chi connectivity index (χ1) is 42.9. The fraction of sp³-hybridized carbons (Fsp3) is 0.228. The van der Waals surface area contributed by atoms with E-state index in [0.717, 1.165) is 43.0 Å². The van der Waals surface area contributed by atoms with Crippen LogP contribution in [0.15, 0.2) is 207 Å². The predicted molar refractivity (Wildman–Crippen MR) is 361 cm³/mol. The van der Waals surface area contributed by atoms with Crippen LogP contribution in [0.25, 0.3) is 33.6 Å². The van der Waals surface area contributed by atoms with Gasteiger partial charge < -0.3 is 44.1 Å². The van der Waals surface area contributed by atoms with E-state index in [9.17, 15) is 0 Å². The molecule has 1 fully saturated rings. The molecule has 3 aliphatic heterocycles. The Morgan fingerprint density at radius 3 is 1.52 bits per heavy atom. The van der Waals surface area contributed by atoms with Crippen LogP contribution < -0.4 is 34.1 Å². The van der Waals surface area contributed by atoms with E-state index in [1.807, 2.05) is 24.3 Å². The van der Waals surface area contributed by atoms with Gasteiger partial charge in [-0.3, -0.25) is 0 Å². The largest absolute Gasteiger partial charge is 0.510 e. The number of anilines is 9. The van der Waals surface area contributed by atoms with Crippen LogP contribution in [-0.4, -0.2) is 29.1 Å². The van der Waals surface area contributed by atoms with Crippen molar-refractivity contribution < 1.29 is 45.9 Å². The van der Waals surface area contributed by atoms with Crippen LogP contribution in [0.3, 0.4) is 0 Å². The molecule has 9 nitrogen and oxygen atoms in total. The topological polar surface area (TPSA) is 54.5 Å². The third-order valence-corrected chi connectivity index (χ3v) is 17.1. The first kappa shape index (κ1) is 63.6. The van der Waals surface area contributed by atoms with Gasteiger partial charge in [0.05, 0.1) is 0 Å². The number of ether oxygens (including phenoxy) is 1. The molecule has 0 bridgehead atoms. The molecule has 0 unspecified atom stereocenters. The molecule has 10 aromatic rings. The number of pyridine rings is 2. The molecule has 463 valence electrons. The number of aromatic nitrogens is 2. The summed E-state index contributed by atoms with van der Waals surface area (Å²) in [5, 5.41) is 0. The second-order valence-electron chi connectivity index (χ2n) is 25.2. The SMILES string of the molecule is CC(C)(C)c1c[c-]c(N2[CH-]N(CCCCN3[CH-]N(c4[c-]cc(C(C)(C)C)cc4)c4c(-c5ccccc5)cccc43)c3cccc(-c4ccccc4)c32)cc1.[Ir].[Pt].[c-]1c(Oc2[c-]c(-c3[c-]cccn3)ncc2)cccc1N1[CH-]N(C2CCCCC2)c2ccccc21. The molecular weight excluding hydrogens is 1460 g/mol. The van der Waals surface area contributed by atoms with Gasteiger partial charge >= 0.3 is 0 Å². The molecule has 1 radical (unpaired) electrons. The maximum absolute atomic E-state index is 6.12. The van der Waals surface area contributed by atoms with Crippen LogP contribution in [0.2, 0.25) is 0 Å². The summed E-state index contributed by atoms with van der Waals surface area (Å²) in [7, 11) is 0. The smallest absolute Gasteiger partial charge is 0.0406 e. The van der Waals surface area contributed by atoms with Gasteiger partial charge in [-0.05, 0) is 86.6 Å². The molecule has 11 heteroatoms. The van der Waals surface area contributed by atoms with E-state index >= 15 is 0 Å². The number of benzene rings is 8. The van der Waals surface area contributed by atoms with Crippen LogP contribution in [0.1, 0.15) is 97.6 Å². The Kier molecular flexibility index (Phi) is 19.8. The van der Waals surface area contributed by atoms with E-state index in [4.69, 9.17) is 4.74 Å². The van der Waals surface area contributed by atoms with Crippen molar-refractivity contribution in [3.8, 4) is 45.1 Å². The number of fused-ring (bicyclic) bond motifs is 3. The molecule has 0 saturated heterocycles. The van der Waals surface area contributed by atoms with Crippen molar-refractivity contribution in [1.82, 2.24) is 9.97 Å². The van der Waals surface area contributed by atoms with E-state index < -0.39 is 0 Å². The van der Waals surface area contributed by atoms with Gasteiger partial charge in [0.25, 0.3) is 0 Å². The Balaban J connectivity index is 0.000000199. The molecule has 0 atom stereocenters. The number of unbranched alkanes of at least 4 members (excludes halogenated alkanes) is 1. The molecule has 0 amide bonds. The molecule has 1 aliphatic carbocycles. The van der Waals surface area contributed by atoms with Crippen molar-refractivity contribution in [2.45, 2.75) is 103 Å². The Morgan fingerprint density at radius 1 is 0.467 bits per heavy atom. The Bertz CT molecular complexity index is 3820. The minimum Gasteiger partial charge on any atom is -0.510 e. The predicted octanol–water partition coefficient (Wildman–Crippen LogP) is 19.6. The van der Waals surface area contributed by atoms with Gasteiger partial charge in [0.2, 0.25) is 0 Å². The average molecular weight is 1540 g/mol. The van der Waals surface area contributed by atoms with Crippen LogP contribution >= 0.6 is 0 Å². The summed E-state index contributed by atoms with van der Waals surface area (Å²) in [6, 6.07) is 85.6. The first-order valence-electron chi connectivity index (χ1n) is 31.1. The Morgan fingerprint density at radius 2 is 0.989 bits per heavy atom. The van der Waals surface area contributed by atoms with Gasteiger partial charge in [-0.2, -0.15) is 85.7 Å². The van der Waals surface area contributed by atoms with E-state index in [1.54, 1.807) is 18.5 Å². The van der Waals surface area contributed by atoms with E-state index in [2.05, 4.69) is 295 Å². The maximum Gasteiger partial charge on any atom is 0.0406 e. The van der Waals surface area contributed by atoms with Crippen molar-refractivity contribution in [3.05, 3.63) is 268 Å². The van der Waals surface area contributed by atoms with E-state index in [-0.39, 0.29) is 52.0 Å². The molecule has 90 heavy (non-hydrogen) atoms. The second-order valence-corrected chi connectivity index (χ2v) is 25.2. The molecule has 14 rings (SSSR count). The van der Waals surface area contributed by atoms with Gasteiger partial charge in [-0.1, -0.05) is 169 Å². The summed E-state index contributed by atoms with van der Waals surface area (Å²) in [6.07, 6.45) is 11.9. The van der Waals surface area contributed by atoms with E-state index in [0.29, 0.717) is 28.9 Å². The third-order valence-electron chi connectivity index (χ3n) is 17.1. The molecule has 2 aromatic heterocycles. The normalized spacial score (nSPS) is 14.5. The number of nitrogens with zero attached hydrogens (tertiary/aromatic N) is 8. The number of hydrogen-bond donors (Lipinski definition) is 0. The summed E-state index contributed by atoms with van der Waals surface area (Å²) in [4.78, 5) is 22.8. The van der Waals surface area contributed by atoms with Gasteiger partial charge in [-0.15, -0.1) is 70.9 Å². The summed E-state index contributed by atoms with van der Waals surface area (Å²) in [5.74, 6) is 1.19. The fourth-order valence-electron chi connectivity index (χ4n) is 12.3. The fourth-order valence-corrected chi connectivity index (χ4v) is 12.3. The molecule has 0 N–H and O–H groups in total. The second kappa shape index (κ2) is 28.0. The minimum absolute atomic E-state index is 0. The molecule has 8 aromatic carbocycles. The van der Waals surface area contributed by atoms with Gasteiger partial charge in [-0.25, -0.2) is 6.07 Å². The minimum atomic E-state index is 0. The standard InChI is InChI=1S/C50H50N4.C29H24N4O.Ir.Pt/c1-49(2,3)39-25-29-41(30-26-39)53-35-51(45-23-15-21-43(47(45)53)37-17-9-7-10-18-37)33-13-14-34-52-36-54(42-31-27-40(28-32-42)50(4,5)6)48-44(22-16-24-46(48)52)38-19-11-8-12-20-38;1-2-9-22(10-3-1)32-21-33(29-15-5-4-14-28(29)32)23-11-8-12-24(19-23)34-25-16-18-31-27(20-25)26-13-6-7-17-30-26;;/h7-12,15-29,31,35-36H,13-14,33-34H2,1-6H3;4-8,11-12,14-18,21-22H,1-3,9-10H2;;/q2*-4;;. The zero-order valence-electron chi connectivity index (χ0n) is 51.9. The monoisotopic (exact) mass is 1540 g/mol. The van der Waals surface area contributed by atoms with Crippen molar-refractivity contribution in [2.75, 3.05) is 42.5 Å². The third kappa shape index (κ3) is 13.8. The van der Waals surface area contributed by atoms with Gasteiger partial charge in [0, 0.05) is 104 Å².